The van der Waals surface area contributed by atoms with Crippen molar-refractivity contribution in [1.29, 1.82) is 0 Å². The maximum Gasteiger partial charge on any atom is 0.215 e. The van der Waals surface area contributed by atoms with Gasteiger partial charge >= 0.3 is 0 Å². The van der Waals surface area contributed by atoms with E-state index in [0.29, 0.717) is 28.5 Å². The highest BCUT2D eigenvalue weighted by molar-refractivity contribution is 7.89. The van der Waals surface area contributed by atoms with Crippen molar-refractivity contribution >= 4 is 10.0 Å². The summed E-state index contributed by atoms with van der Waals surface area (Å²) in [6.07, 6.45) is 0.736. The van der Waals surface area contributed by atoms with Crippen molar-refractivity contribution in [3.05, 3.63) is 72.4 Å². The Morgan fingerprint density at radius 3 is 2.62 bits per heavy atom. The average Bonchev–Trinajstić information content (AvgIpc) is 2.73. The minimum atomic E-state index is -3.63. The zero-order valence-corrected chi connectivity index (χ0v) is 16.1. The Labute approximate surface area is 167 Å². The second kappa shape index (κ2) is 8.14. The Hall–Kier alpha value is -3.04. The molecule has 1 aromatic heterocycles. The van der Waals surface area contributed by atoms with E-state index in [-0.39, 0.29) is 24.7 Å². The highest BCUT2D eigenvalue weighted by Crippen LogP contribution is 2.31. The summed E-state index contributed by atoms with van der Waals surface area (Å²) in [5.74, 6) is 0.548. The van der Waals surface area contributed by atoms with Crippen LogP contribution >= 0.6 is 0 Å². The molecule has 29 heavy (non-hydrogen) atoms. The number of rotatable bonds is 6. The molecule has 0 aliphatic carbocycles. The molecule has 0 fully saturated rings. The van der Waals surface area contributed by atoms with E-state index in [1.54, 1.807) is 36.4 Å². The first-order valence-corrected chi connectivity index (χ1v) is 10.6. The van der Waals surface area contributed by atoms with E-state index in [9.17, 15) is 12.8 Å². The maximum atomic E-state index is 13.1. The predicted molar refractivity (Wildman–Crippen MR) is 104 cm³/mol. The molecule has 2 heterocycles. The Balaban J connectivity index is 1.38. The number of halogens is 1. The van der Waals surface area contributed by atoms with E-state index in [2.05, 4.69) is 14.7 Å². The topological polar surface area (TPSA) is 90.4 Å². The largest absolute Gasteiger partial charge is 0.486 e. The molecule has 2 aromatic carbocycles. The van der Waals surface area contributed by atoms with Gasteiger partial charge in [-0.25, -0.2) is 27.5 Å². The number of hydrogen-bond donors (Lipinski definition) is 1. The third-order valence-corrected chi connectivity index (χ3v) is 5.70. The third kappa shape index (κ3) is 4.87. The van der Waals surface area contributed by atoms with Gasteiger partial charge in [-0.2, -0.15) is 0 Å². The molecule has 1 aliphatic rings. The van der Waals surface area contributed by atoms with E-state index in [4.69, 9.17) is 9.47 Å². The summed E-state index contributed by atoms with van der Waals surface area (Å²) < 4.78 is 51.7. The van der Waals surface area contributed by atoms with Gasteiger partial charge < -0.3 is 9.47 Å². The fourth-order valence-corrected chi connectivity index (χ4v) is 4.04. The van der Waals surface area contributed by atoms with Crippen molar-refractivity contribution < 1.29 is 22.3 Å². The Morgan fingerprint density at radius 2 is 1.83 bits per heavy atom. The standard InChI is InChI=1S/C20H18FN3O4S/c21-15-7-5-14(6-8-15)18-9-16(22-13-23-18)10-24-29(25,26)12-17-11-27-19-3-1-2-4-20(19)28-17/h1-9,13,17,24H,10-12H2. The van der Waals surface area contributed by atoms with Crippen LogP contribution in [0.5, 0.6) is 11.5 Å². The molecule has 0 saturated heterocycles. The molecule has 4 rings (SSSR count). The summed E-state index contributed by atoms with van der Waals surface area (Å²) in [6, 6.07) is 14.7. The lowest BCUT2D eigenvalue weighted by Crippen LogP contribution is -2.39. The summed E-state index contributed by atoms with van der Waals surface area (Å²) in [5, 5.41) is 0. The zero-order valence-electron chi connectivity index (χ0n) is 15.3. The first-order chi connectivity index (χ1) is 14.0. The van der Waals surface area contributed by atoms with Gasteiger partial charge in [0.25, 0.3) is 0 Å². The second-order valence-corrected chi connectivity index (χ2v) is 8.35. The molecule has 1 atom stereocenters. The molecule has 1 aliphatic heterocycles. The highest BCUT2D eigenvalue weighted by Gasteiger charge is 2.26. The highest BCUT2D eigenvalue weighted by atomic mass is 32.2. The Morgan fingerprint density at radius 1 is 1.07 bits per heavy atom. The van der Waals surface area contributed by atoms with Crippen LogP contribution in [-0.2, 0) is 16.6 Å². The van der Waals surface area contributed by atoms with Crippen molar-refractivity contribution in [3.8, 4) is 22.8 Å². The van der Waals surface area contributed by atoms with Crippen LogP contribution in [0.15, 0.2) is 60.9 Å². The van der Waals surface area contributed by atoms with Gasteiger partial charge in [0, 0.05) is 5.56 Å². The summed E-state index contributed by atoms with van der Waals surface area (Å²) in [6.45, 7) is 0.156. The molecule has 7 nitrogen and oxygen atoms in total. The van der Waals surface area contributed by atoms with Crippen molar-refractivity contribution in [3.63, 3.8) is 0 Å². The molecule has 9 heteroatoms. The normalized spacial score (nSPS) is 15.8. The van der Waals surface area contributed by atoms with Crippen LogP contribution < -0.4 is 14.2 Å². The van der Waals surface area contributed by atoms with E-state index >= 15 is 0 Å². The number of sulfonamides is 1. The fraction of sp³-hybridized carbons (Fsp3) is 0.200. The van der Waals surface area contributed by atoms with Gasteiger partial charge in [0.05, 0.1) is 17.9 Å². The summed E-state index contributed by atoms with van der Waals surface area (Å²) >= 11 is 0. The van der Waals surface area contributed by atoms with Crippen LogP contribution in [0.4, 0.5) is 4.39 Å². The second-order valence-electron chi connectivity index (χ2n) is 6.50. The van der Waals surface area contributed by atoms with Crippen LogP contribution in [0.2, 0.25) is 0 Å². The lowest BCUT2D eigenvalue weighted by molar-refractivity contribution is 0.106. The van der Waals surface area contributed by atoms with Crippen LogP contribution in [0.3, 0.4) is 0 Å². The molecule has 1 N–H and O–H groups in total. The van der Waals surface area contributed by atoms with Gasteiger partial charge in [-0.05, 0) is 42.5 Å². The van der Waals surface area contributed by atoms with Crippen LogP contribution in [-0.4, -0.2) is 36.8 Å². The summed E-state index contributed by atoms with van der Waals surface area (Å²) in [7, 11) is -3.63. The number of para-hydroxylation sites is 2. The molecule has 1 unspecified atom stereocenters. The zero-order chi connectivity index (χ0) is 20.3. The van der Waals surface area contributed by atoms with Gasteiger partial charge in [-0.3, -0.25) is 0 Å². The van der Waals surface area contributed by atoms with Crippen molar-refractivity contribution in [2.75, 3.05) is 12.4 Å². The van der Waals surface area contributed by atoms with E-state index < -0.39 is 16.1 Å². The molecule has 0 bridgehead atoms. The fourth-order valence-electron chi connectivity index (χ4n) is 2.91. The molecule has 0 radical (unpaired) electrons. The van der Waals surface area contributed by atoms with Gasteiger partial charge in [0.2, 0.25) is 10.0 Å². The SMILES string of the molecule is O=S(=O)(CC1COc2ccccc2O1)NCc1cc(-c2ccc(F)cc2)ncn1. The number of fused-ring (bicyclic) bond motifs is 1. The minimum Gasteiger partial charge on any atom is -0.486 e. The lowest BCUT2D eigenvalue weighted by atomic mass is 10.1. The number of nitrogens with one attached hydrogen (secondary N) is 1. The molecule has 3 aromatic rings. The molecular formula is C20H18FN3O4S. The number of hydrogen-bond acceptors (Lipinski definition) is 6. The molecular weight excluding hydrogens is 397 g/mol. The van der Waals surface area contributed by atoms with E-state index in [1.165, 1.54) is 18.5 Å². The number of benzene rings is 2. The van der Waals surface area contributed by atoms with E-state index in [0.717, 1.165) is 0 Å². The Bertz CT molecular complexity index is 1110. The van der Waals surface area contributed by atoms with E-state index in [1.807, 2.05) is 6.07 Å². The number of aromatic nitrogens is 2. The minimum absolute atomic E-state index is 0.00319. The summed E-state index contributed by atoms with van der Waals surface area (Å²) in [5.41, 5.74) is 1.79. The quantitative estimate of drug-likeness (QED) is 0.665. The van der Waals surface area contributed by atoms with Crippen LogP contribution in [0.1, 0.15) is 5.69 Å². The van der Waals surface area contributed by atoms with Gasteiger partial charge in [0.15, 0.2) is 11.5 Å². The van der Waals surface area contributed by atoms with Crippen LogP contribution in [0.25, 0.3) is 11.3 Å². The Kier molecular flexibility index (Phi) is 5.41. The third-order valence-electron chi connectivity index (χ3n) is 4.31. The van der Waals surface area contributed by atoms with Gasteiger partial charge in [0.1, 0.15) is 30.6 Å². The molecule has 0 amide bonds. The first-order valence-electron chi connectivity index (χ1n) is 8.91. The molecule has 0 spiro atoms. The van der Waals surface area contributed by atoms with Gasteiger partial charge in [-0.1, -0.05) is 12.1 Å². The van der Waals surface area contributed by atoms with Crippen LogP contribution in [0, 0.1) is 5.82 Å². The summed E-state index contributed by atoms with van der Waals surface area (Å²) in [4.78, 5) is 8.25. The molecule has 0 saturated carbocycles. The van der Waals surface area contributed by atoms with Crippen molar-refractivity contribution in [2.24, 2.45) is 0 Å². The number of ether oxygens (including phenoxy) is 2. The van der Waals surface area contributed by atoms with Crippen molar-refractivity contribution in [1.82, 2.24) is 14.7 Å². The van der Waals surface area contributed by atoms with Crippen molar-refractivity contribution in [2.45, 2.75) is 12.6 Å². The number of nitrogens with zero attached hydrogens (tertiary/aromatic N) is 2. The molecule has 150 valence electrons. The monoisotopic (exact) mass is 415 g/mol. The maximum absolute atomic E-state index is 13.1. The first kappa shape index (κ1) is 19.3. The van der Waals surface area contributed by atoms with Gasteiger partial charge in [-0.15, -0.1) is 0 Å². The predicted octanol–water partition coefficient (Wildman–Crippen LogP) is 2.54. The lowest BCUT2D eigenvalue weighted by Gasteiger charge is -2.26. The average molecular weight is 415 g/mol. The smallest absolute Gasteiger partial charge is 0.215 e.